The maximum absolute atomic E-state index is 5.04. The number of benzene rings is 16. The molecule has 0 aliphatic heterocycles. The first-order valence-electron chi connectivity index (χ1n) is 41.3. The predicted octanol–water partition coefficient (Wildman–Crippen LogP) is 31.4. The average molecular weight is 1670 g/mol. The molecule has 8 nitrogen and oxygen atoms in total. The highest BCUT2D eigenvalue weighted by Gasteiger charge is 2.27. The van der Waals surface area contributed by atoms with Gasteiger partial charge < -0.3 is 18.7 Å². The summed E-state index contributed by atoms with van der Waals surface area (Å²) in [7, 11) is 0. The van der Waals surface area contributed by atoms with E-state index in [1.807, 2.05) is 71.6 Å². The van der Waals surface area contributed by atoms with Crippen LogP contribution < -0.4 is 0 Å². The van der Waals surface area contributed by atoms with Gasteiger partial charge in [-0.3, -0.25) is 19.9 Å². The number of rotatable bonds is 9. The van der Waals surface area contributed by atoms with Gasteiger partial charge in [-0.25, -0.2) is 0 Å². The molecule has 0 radical (unpaired) electrons. The topological polar surface area (TPSA) is 82.1 Å². The Labute approximate surface area is 722 Å². The van der Waals surface area contributed by atoms with Crippen molar-refractivity contribution in [3.8, 4) is 83.8 Å². The second kappa shape index (κ2) is 29.6. The van der Waals surface area contributed by atoms with Crippen molar-refractivity contribution >= 4 is 188 Å². The lowest BCUT2D eigenvalue weighted by atomic mass is 9.94. The lowest BCUT2D eigenvalue weighted by molar-refractivity contribution is 1.15. The third-order valence-electron chi connectivity index (χ3n) is 24.3. The van der Waals surface area contributed by atoms with Gasteiger partial charge in [-0.1, -0.05) is 291 Å². The van der Waals surface area contributed by atoms with E-state index in [-0.39, 0.29) is 0 Å². The molecule has 576 valence electrons. The Morgan fingerprint density at radius 2 is 0.610 bits per heavy atom. The van der Waals surface area contributed by atoms with Gasteiger partial charge >= 0.3 is 0 Å². The summed E-state index contributed by atoms with van der Waals surface area (Å²) < 4.78 is 13.4. The van der Waals surface area contributed by atoms with Gasteiger partial charge in [0.25, 0.3) is 0 Å². The van der Waals surface area contributed by atoms with Crippen LogP contribution in [-0.2, 0) is 0 Å². The second-order valence-corrected chi connectivity index (χ2v) is 34.4. The van der Waals surface area contributed by atoms with Crippen LogP contribution >= 0.6 is 38.6 Å². The number of pyridine rings is 4. The van der Waals surface area contributed by atoms with Crippen LogP contribution in [0.25, 0.3) is 233 Å². The minimum Gasteiger partial charge on any atom is -0.354 e. The number of nitrogens with zero attached hydrogens (tertiary/aromatic N) is 7. The minimum absolute atomic E-state index is 0.863. The molecule has 123 heavy (non-hydrogen) atoms. The van der Waals surface area contributed by atoms with Crippen molar-refractivity contribution in [2.45, 2.75) is 0 Å². The first kappa shape index (κ1) is 71.8. The van der Waals surface area contributed by atoms with Crippen molar-refractivity contribution in [3.63, 3.8) is 0 Å². The fraction of sp³-hybridized carbons (Fsp3) is 0. The SMILES string of the molecule is Brc1cnc2cc(-c3ccccc3)cnc2c1.c1ccc(-c2ccccc2-n2c3ccccc3c3cc4c(cc32)sc2cc3[nH]c5ccccc5c3c(-c3ccccc3)c24)cc1.c1ccc(-c2cnc3cc(-n4c5ccccc5c5c(-c6ccccc6)c6c(cc54)sc4cc5c(cc46)c4ccccc4n5-c4ccccc4-c4ccccc4)cnc3c2)cc1. The molecule has 11 heteroatoms. The van der Waals surface area contributed by atoms with Gasteiger partial charge in [-0.05, 0) is 146 Å². The van der Waals surface area contributed by atoms with Crippen molar-refractivity contribution in [2.24, 2.45) is 0 Å². The van der Waals surface area contributed by atoms with Crippen LogP contribution in [0.15, 0.2) is 418 Å². The Kier molecular flexibility index (Phi) is 17.3. The Morgan fingerprint density at radius 1 is 0.228 bits per heavy atom. The van der Waals surface area contributed by atoms with Gasteiger partial charge in [-0.15, -0.1) is 22.7 Å². The smallest absolute Gasteiger partial charge is 0.0908 e. The zero-order valence-electron chi connectivity index (χ0n) is 66.1. The van der Waals surface area contributed by atoms with E-state index in [9.17, 15) is 0 Å². The monoisotopic (exact) mass is 1670 g/mol. The quantitative estimate of drug-likeness (QED) is 0.156. The van der Waals surface area contributed by atoms with Gasteiger partial charge in [0, 0.05) is 151 Å². The molecule has 0 bridgehead atoms. The van der Waals surface area contributed by atoms with Crippen LogP contribution in [-0.4, -0.2) is 38.6 Å². The number of thiophene rings is 2. The van der Waals surface area contributed by atoms with E-state index in [2.05, 4.69) is 402 Å². The molecule has 10 heterocycles. The highest BCUT2D eigenvalue weighted by atomic mass is 79.9. The van der Waals surface area contributed by atoms with Crippen molar-refractivity contribution in [1.82, 2.24) is 38.6 Å². The highest BCUT2D eigenvalue weighted by molar-refractivity contribution is 9.10. The van der Waals surface area contributed by atoms with E-state index in [0.717, 1.165) is 65.5 Å². The Hall–Kier alpha value is -15.2. The maximum Gasteiger partial charge on any atom is 0.0908 e. The molecule has 26 aromatic rings. The molecule has 0 atom stereocenters. The Balaban J connectivity index is 0.000000120. The van der Waals surface area contributed by atoms with Gasteiger partial charge in [0.05, 0.1) is 78.4 Å². The summed E-state index contributed by atoms with van der Waals surface area (Å²) in [6.07, 6.45) is 7.64. The zero-order chi connectivity index (χ0) is 81.2. The summed E-state index contributed by atoms with van der Waals surface area (Å²) in [5.74, 6) is 0. The van der Waals surface area contributed by atoms with E-state index < -0.39 is 0 Å². The highest BCUT2D eigenvalue weighted by Crippen LogP contribution is 2.53. The molecule has 0 saturated heterocycles. The third kappa shape index (κ3) is 12.1. The van der Waals surface area contributed by atoms with Crippen molar-refractivity contribution in [2.75, 3.05) is 0 Å². The predicted molar refractivity (Wildman–Crippen MR) is 524 cm³/mol. The number of H-pyrrole nitrogens is 1. The molecule has 0 unspecified atom stereocenters. The molecule has 1 N–H and O–H groups in total. The molecule has 0 amide bonds. The molecule has 0 aliphatic rings. The minimum atomic E-state index is 0.863. The summed E-state index contributed by atoms with van der Waals surface area (Å²) in [5, 5.41) is 15.3. The lowest BCUT2D eigenvalue weighted by Gasteiger charge is -2.14. The van der Waals surface area contributed by atoms with E-state index in [0.29, 0.717) is 0 Å². The number of para-hydroxylation sites is 6. The van der Waals surface area contributed by atoms with Crippen LogP contribution in [0, 0.1) is 0 Å². The van der Waals surface area contributed by atoms with Crippen LogP contribution in [0.5, 0.6) is 0 Å². The molecule has 0 saturated carbocycles. The first-order chi connectivity index (χ1) is 60.9. The van der Waals surface area contributed by atoms with Crippen molar-refractivity contribution in [3.05, 3.63) is 418 Å². The van der Waals surface area contributed by atoms with Crippen LogP contribution in [0.2, 0.25) is 0 Å². The number of hydrogen-bond acceptors (Lipinski definition) is 6. The average Bonchev–Trinajstić information content (AvgIpc) is 1.55. The van der Waals surface area contributed by atoms with Crippen LogP contribution in [0.4, 0.5) is 0 Å². The normalized spacial score (nSPS) is 11.8. The fourth-order valence-electron chi connectivity index (χ4n) is 18.9. The fourth-order valence-corrected chi connectivity index (χ4v) is 21.5. The van der Waals surface area contributed by atoms with Gasteiger partial charge in [0.15, 0.2) is 0 Å². The van der Waals surface area contributed by atoms with Gasteiger partial charge in [-0.2, -0.15) is 0 Å². The van der Waals surface area contributed by atoms with Gasteiger partial charge in [0.2, 0.25) is 0 Å². The molecule has 0 spiro atoms. The number of hydrogen-bond donors (Lipinski definition) is 1. The Morgan fingerprint density at radius 3 is 1.13 bits per heavy atom. The molecular formula is C112H69BrN8S2. The van der Waals surface area contributed by atoms with E-state index in [1.54, 1.807) is 6.20 Å². The van der Waals surface area contributed by atoms with E-state index >= 15 is 0 Å². The Bertz CT molecular complexity index is 8690. The molecule has 0 fully saturated rings. The number of fused-ring (bicyclic) bond motifs is 20. The molecule has 0 aliphatic carbocycles. The van der Waals surface area contributed by atoms with Crippen molar-refractivity contribution < 1.29 is 0 Å². The third-order valence-corrected chi connectivity index (χ3v) is 26.9. The first-order valence-corrected chi connectivity index (χ1v) is 43.7. The number of aromatic nitrogens is 8. The summed E-state index contributed by atoms with van der Waals surface area (Å²) in [5.41, 5.74) is 30.7. The molecule has 16 aromatic carbocycles. The lowest BCUT2D eigenvalue weighted by Crippen LogP contribution is -1.96. The van der Waals surface area contributed by atoms with E-state index in [1.165, 1.54) is 172 Å². The van der Waals surface area contributed by atoms with Crippen LogP contribution in [0.1, 0.15) is 0 Å². The second-order valence-electron chi connectivity index (χ2n) is 31.3. The summed E-state index contributed by atoms with van der Waals surface area (Å²) >= 11 is 7.16. The van der Waals surface area contributed by atoms with Crippen molar-refractivity contribution in [1.29, 1.82) is 0 Å². The standard InChI is InChI=1S/C56H34N4S.C42H26N2S.C14H9BrN2/c1-4-16-35(17-5-1)38-28-45-46(57-33-38)29-39(34-58-45)59-49-27-15-12-24-42(49)55-51(59)32-53-56(54(55)37-20-8-3-9-21-37)44-30-43-41-23-11-14-26-48(41)60(50(43)31-52(44)61-53)47-25-13-10-22-40(47)36-18-6-2-7-19-36;1-3-13-26(14-4-1)28-17-8-11-21-35(28)44-36-22-12-9-18-29(36)31-23-32-38(25-37(31)44)45-39-24-34-41(30-19-7-10-20-33(30)43-34)40(42(32)39)27-15-5-2-6-16-27;15-12-7-14-13(17-9-12)6-11(8-16-14)10-4-2-1-3-5-10/h1-34H;1-25,43H;1-9H. The molecule has 10 aromatic heterocycles. The number of nitrogens with one attached hydrogen (secondary N) is 1. The molecular weight excluding hydrogens is 1600 g/mol. The maximum atomic E-state index is 5.04. The summed E-state index contributed by atoms with van der Waals surface area (Å²) in [4.78, 5) is 22.5. The van der Waals surface area contributed by atoms with E-state index in [4.69, 9.17) is 9.97 Å². The number of halogens is 1. The summed E-state index contributed by atoms with van der Waals surface area (Å²) in [6.45, 7) is 0. The van der Waals surface area contributed by atoms with Gasteiger partial charge in [0.1, 0.15) is 0 Å². The largest absolute Gasteiger partial charge is 0.354 e. The number of aromatic amines is 1. The van der Waals surface area contributed by atoms with Crippen LogP contribution in [0.3, 0.4) is 0 Å². The molecule has 26 rings (SSSR count). The zero-order valence-corrected chi connectivity index (χ0v) is 69.3. The summed E-state index contributed by atoms with van der Waals surface area (Å²) in [6, 6.07) is 140.